The molecule has 0 aromatic heterocycles. The molecule has 0 amide bonds. The van der Waals surface area contributed by atoms with Gasteiger partial charge in [-0.1, -0.05) is 13.3 Å². The largest absolute Gasteiger partial charge is 0.393 e. The number of hydrogen-bond donors (Lipinski definition) is 1. The second-order valence-corrected chi connectivity index (χ2v) is 5.74. The third kappa shape index (κ3) is 2.73. The van der Waals surface area contributed by atoms with E-state index in [0.29, 0.717) is 5.92 Å². The molecule has 1 saturated carbocycles. The predicted molar refractivity (Wildman–Crippen MR) is 62.8 cm³/mol. The van der Waals surface area contributed by atoms with Gasteiger partial charge in [0.1, 0.15) is 0 Å². The van der Waals surface area contributed by atoms with Crippen LogP contribution in [-0.2, 0) is 0 Å². The fraction of sp³-hybridized carbons (Fsp3) is 1.00. The van der Waals surface area contributed by atoms with Crippen molar-refractivity contribution < 1.29 is 5.11 Å². The number of rotatable bonds is 2. The van der Waals surface area contributed by atoms with E-state index in [0.717, 1.165) is 24.9 Å². The molecule has 0 radical (unpaired) electrons. The van der Waals surface area contributed by atoms with Gasteiger partial charge in [-0.2, -0.15) is 0 Å². The van der Waals surface area contributed by atoms with E-state index in [1.54, 1.807) is 0 Å². The van der Waals surface area contributed by atoms with Crippen molar-refractivity contribution in [3.63, 3.8) is 0 Å². The molecule has 2 heteroatoms. The average molecular weight is 211 g/mol. The fourth-order valence-corrected chi connectivity index (χ4v) is 3.17. The van der Waals surface area contributed by atoms with Crippen LogP contribution in [0.4, 0.5) is 0 Å². The summed E-state index contributed by atoms with van der Waals surface area (Å²) < 4.78 is 0. The summed E-state index contributed by atoms with van der Waals surface area (Å²) in [6.45, 7) is 7.06. The summed E-state index contributed by atoms with van der Waals surface area (Å²) in [6, 6.07) is 0.731. The Morgan fingerprint density at radius 3 is 2.60 bits per heavy atom. The summed E-state index contributed by atoms with van der Waals surface area (Å²) in [5.74, 6) is 1.40. The normalized spacial score (nSPS) is 43.4. The summed E-state index contributed by atoms with van der Waals surface area (Å²) in [6.07, 6.45) is 6.19. The van der Waals surface area contributed by atoms with E-state index in [4.69, 9.17) is 0 Å². The summed E-state index contributed by atoms with van der Waals surface area (Å²) in [4.78, 5) is 2.60. The van der Waals surface area contributed by atoms with Crippen LogP contribution in [0.5, 0.6) is 0 Å². The van der Waals surface area contributed by atoms with Gasteiger partial charge >= 0.3 is 0 Å². The van der Waals surface area contributed by atoms with Gasteiger partial charge in [-0.15, -0.1) is 0 Å². The molecule has 88 valence electrons. The minimum atomic E-state index is -0.0190. The maximum atomic E-state index is 9.85. The van der Waals surface area contributed by atoms with Gasteiger partial charge in [-0.25, -0.2) is 0 Å². The topological polar surface area (TPSA) is 23.5 Å². The van der Waals surface area contributed by atoms with Crippen molar-refractivity contribution in [1.82, 2.24) is 4.90 Å². The minimum absolute atomic E-state index is 0.0190. The molecule has 0 spiro atoms. The van der Waals surface area contributed by atoms with E-state index in [9.17, 15) is 5.11 Å². The van der Waals surface area contributed by atoms with E-state index in [1.807, 2.05) is 0 Å². The van der Waals surface area contributed by atoms with Crippen LogP contribution in [-0.4, -0.2) is 35.2 Å². The molecule has 2 fully saturated rings. The molecule has 1 aliphatic heterocycles. The van der Waals surface area contributed by atoms with Crippen molar-refractivity contribution in [2.75, 3.05) is 13.1 Å². The molecular weight excluding hydrogens is 186 g/mol. The first-order valence-electron chi connectivity index (χ1n) is 6.59. The predicted octanol–water partition coefficient (Wildman–Crippen LogP) is 2.27. The molecular formula is C13H25NO. The third-order valence-electron chi connectivity index (χ3n) is 4.33. The lowest BCUT2D eigenvalue weighted by Crippen LogP contribution is -2.44. The lowest BCUT2D eigenvalue weighted by molar-refractivity contribution is 0.0609. The SMILES string of the molecule is CC1CCC(C)N(CC2CCCC2O)C1. The Labute approximate surface area is 93.7 Å². The Kier molecular flexibility index (Phi) is 3.68. The highest BCUT2D eigenvalue weighted by Crippen LogP contribution is 2.29. The molecule has 4 unspecified atom stereocenters. The molecule has 0 aromatic carbocycles. The maximum absolute atomic E-state index is 9.85. The second kappa shape index (κ2) is 4.84. The van der Waals surface area contributed by atoms with Crippen LogP contribution in [0.3, 0.4) is 0 Å². The van der Waals surface area contributed by atoms with E-state index >= 15 is 0 Å². The molecule has 2 aliphatic rings. The van der Waals surface area contributed by atoms with Gasteiger partial charge in [-0.3, -0.25) is 0 Å². The molecule has 1 aliphatic carbocycles. The minimum Gasteiger partial charge on any atom is -0.393 e. The Balaban J connectivity index is 1.86. The van der Waals surface area contributed by atoms with E-state index in [-0.39, 0.29) is 6.10 Å². The highest BCUT2D eigenvalue weighted by molar-refractivity contribution is 4.84. The Morgan fingerprint density at radius 1 is 1.13 bits per heavy atom. The van der Waals surface area contributed by atoms with Crippen molar-refractivity contribution in [3.8, 4) is 0 Å². The molecule has 0 aromatic rings. The molecule has 1 saturated heterocycles. The van der Waals surface area contributed by atoms with Crippen LogP contribution in [0.25, 0.3) is 0 Å². The first kappa shape index (κ1) is 11.4. The highest BCUT2D eigenvalue weighted by Gasteiger charge is 2.30. The van der Waals surface area contributed by atoms with Crippen LogP contribution < -0.4 is 0 Å². The van der Waals surface area contributed by atoms with Crippen molar-refractivity contribution >= 4 is 0 Å². The summed E-state index contributed by atoms with van der Waals surface area (Å²) >= 11 is 0. The molecule has 0 bridgehead atoms. The average Bonchev–Trinajstić information content (AvgIpc) is 2.58. The number of aliphatic hydroxyl groups excluding tert-OH is 1. The third-order valence-corrected chi connectivity index (χ3v) is 4.33. The molecule has 1 N–H and O–H groups in total. The number of hydrogen-bond acceptors (Lipinski definition) is 2. The number of nitrogens with zero attached hydrogens (tertiary/aromatic N) is 1. The fourth-order valence-electron chi connectivity index (χ4n) is 3.17. The van der Waals surface area contributed by atoms with Crippen LogP contribution in [0.15, 0.2) is 0 Å². The standard InChI is InChI=1S/C13H25NO/c1-10-6-7-11(2)14(8-10)9-12-4-3-5-13(12)15/h10-13,15H,3-9H2,1-2H3. The Morgan fingerprint density at radius 2 is 1.93 bits per heavy atom. The summed E-state index contributed by atoms with van der Waals surface area (Å²) in [5, 5.41) is 9.85. The number of aliphatic hydroxyl groups is 1. The van der Waals surface area contributed by atoms with Gasteiger partial charge in [-0.05, 0) is 44.4 Å². The van der Waals surface area contributed by atoms with Crippen LogP contribution in [0, 0.1) is 11.8 Å². The van der Waals surface area contributed by atoms with E-state index < -0.39 is 0 Å². The van der Waals surface area contributed by atoms with Crippen molar-refractivity contribution in [1.29, 1.82) is 0 Å². The summed E-state index contributed by atoms with van der Waals surface area (Å²) in [7, 11) is 0. The van der Waals surface area contributed by atoms with Gasteiger partial charge < -0.3 is 10.0 Å². The summed E-state index contributed by atoms with van der Waals surface area (Å²) in [5.41, 5.74) is 0. The van der Waals surface area contributed by atoms with E-state index in [2.05, 4.69) is 18.7 Å². The first-order valence-corrected chi connectivity index (χ1v) is 6.59. The Hall–Kier alpha value is -0.0800. The van der Waals surface area contributed by atoms with Crippen molar-refractivity contribution in [3.05, 3.63) is 0 Å². The van der Waals surface area contributed by atoms with E-state index in [1.165, 1.54) is 32.2 Å². The monoisotopic (exact) mass is 211 g/mol. The Bertz CT molecular complexity index is 207. The molecule has 2 nitrogen and oxygen atoms in total. The molecule has 2 rings (SSSR count). The quantitative estimate of drug-likeness (QED) is 0.757. The van der Waals surface area contributed by atoms with Crippen LogP contribution >= 0.6 is 0 Å². The second-order valence-electron chi connectivity index (χ2n) is 5.74. The van der Waals surface area contributed by atoms with Crippen LogP contribution in [0.1, 0.15) is 46.0 Å². The van der Waals surface area contributed by atoms with Crippen molar-refractivity contribution in [2.45, 2.75) is 58.1 Å². The number of piperidine rings is 1. The van der Waals surface area contributed by atoms with Gasteiger partial charge in [0, 0.05) is 19.1 Å². The molecule has 4 atom stereocenters. The lowest BCUT2D eigenvalue weighted by Gasteiger charge is -2.38. The molecule has 1 heterocycles. The zero-order valence-electron chi connectivity index (χ0n) is 10.2. The van der Waals surface area contributed by atoms with Crippen LogP contribution in [0.2, 0.25) is 0 Å². The van der Waals surface area contributed by atoms with Gasteiger partial charge in [0.15, 0.2) is 0 Å². The van der Waals surface area contributed by atoms with Gasteiger partial charge in [0.25, 0.3) is 0 Å². The van der Waals surface area contributed by atoms with Gasteiger partial charge in [0.2, 0.25) is 0 Å². The highest BCUT2D eigenvalue weighted by atomic mass is 16.3. The smallest absolute Gasteiger partial charge is 0.0580 e. The lowest BCUT2D eigenvalue weighted by atomic mass is 9.93. The zero-order chi connectivity index (χ0) is 10.8. The zero-order valence-corrected chi connectivity index (χ0v) is 10.2. The molecule has 15 heavy (non-hydrogen) atoms. The van der Waals surface area contributed by atoms with Gasteiger partial charge in [0.05, 0.1) is 6.10 Å². The first-order chi connectivity index (χ1) is 7.16. The maximum Gasteiger partial charge on any atom is 0.0580 e. The van der Waals surface area contributed by atoms with Crippen molar-refractivity contribution in [2.24, 2.45) is 11.8 Å². The number of likely N-dealkylation sites (tertiary alicyclic amines) is 1.